The number of pyridine rings is 2. The molecule has 7 rings (SSSR count). The minimum Gasteiger partial charge on any atom is -0.458 e. The van der Waals surface area contributed by atoms with Crippen LogP contribution in [0.25, 0.3) is 22.3 Å². The van der Waals surface area contributed by atoms with Crippen LogP contribution in [0.15, 0.2) is 29.1 Å². The standard InChI is InChI=1S/C55H72FN7O12/c1-8-55(73)36-26-40-49-34(28-63(40)51(70)35(36)29-74-52(55)71)47-38(19-18-33-31(4)37(56)27-39(60-49)46(33)47)59-42(65)17-14-23-57-50(69)32(15-11-12-22-58-53(72)75-54(5,6)7)25-41(64)48(30(2)3)61-43(66)16-10-9-13-24-62-44(67)20-21-45(62)68/h20-21,26-27,30,32,38,42,48,59,65,73H,8-19,22-25,28-29H2,1-7H3,(H,57,69)(H,58,72)(H,61,66)/t32-,38+,42?,48+,55+/m1/s1. The number of aromatic nitrogens is 2. The first-order valence-electron chi connectivity index (χ1n) is 26.4. The molecule has 75 heavy (non-hydrogen) atoms. The summed E-state index contributed by atoms with van der Waals surface area (Å²) in [5.74, 6) is -4.01. The van der Waals surface area contributed by atoms with Gasteiger partial charge in [-0.25, -0.2) is 19.0 Å². The first-order valence-corrected chi connectivity index (χ1v) is 26.4. The summed E-state index contributed by atoms with van der Waals surface area (Å²) in [6, 6.07) is 1.68. The number of benzene rings is 1. The maximum Gasteiger partial charge on any atom is 0.407 e. The van der Waals surface area contributed by atoms with Crippen LogP contribution < -0.4 is 26.8 Å². The number of aliphatic hydroxyl groups is 2. The normalized spacial score (nSPS) is 18.8. The molecule has 5 amide bonds. The van der Waals surface area contributed by atoms with Gasteiger partial charge in [-0.1, -0.05) is 33.6 Å². The third kappa shape index (κ3) is 12.7. The Hall–Kier alpha value is -6.38. The van der Waals surface area contributed by atoms with E-state index in [4.69, 9.17) is 14.5 Å². The maximum absolute atomic E-state index is 15.5. The number of ketones is 1. The van der Waals surface area contributed by atoms with Crippen molar-refractivity contribution in [3.63, 3.8) is 0 Å². The van der Waals surface area contributed by atoms with Crippen LogP contribution in [0.1, 0.15) is 158 Å². The summed E-state index contributed by atoms with van der Waals surface area (Å²) in [4.78, 5) is 110. The van der Waals surface area contributed by atoms with Crippen molar-refractivity contribution >= 4 is 52.4 Å². The van der Waals surface area contributed by atoms with E-state index in [1.165, 1.54) is 22.8 Å². The lowest BCUT2D eigenvalue weighted by Gasteiger charge is -2.31. The predicted molar refractivity (Wildman–Crippen MR) is 274 cm³/mol. The molecule has 3 aromatic rings. The first kappa shape index (κ1) is 56.3. The summed E-state index contributed by atoms with van der Waals surface area (Å²) in [6.45, 7) is 12.8. The number of Topliss-reactive ketones (excluding diaryl/α,β-unsaturated/α-hetero) is 1. The van der Waals surface area contributed by atoms with E-state index < -0.39 is 58.9 Å². The van der Waals surface area contributed by atoms with Crippen LogP contribution in [0.4, 0.5) is 9.18 Å². The van der Waals surface area contributed by atoms with Crippen molar-refractivity contribution in [1.82, 2.24) is 35.7 Å². The second kappa shape index (κ2) is 23.7. The highest BCUT2D eigenvalue weighted by atomic mass is 19.1. The molecule has 5 atom stereocenters. The number of nitrogens with one attached hydrogen (secondary N) is 4. The molecule has 0 fully saturated rings. The lowest BCUT2D eigenvalue weighted by atomic mass is 9.81. The molecule has 3 aliphatic heterocycles. The summed E-state index contributed by atoms with van der Waals surface area (Å²) in [5, 5.41) is 35.6. The van der Waals surface area contributed by atoms with E-state index in [1.54, 1.807) is 40.7 Å². The Morgan fingerprint density at radius 2 is 1.67 bits per heavy atom. The number of hydrogen-bond acceptors (Lipinski definition) is 14. The zero-order valence-electron chi connectivity index (χ0n) is 44.1. The number of aliphatic hydroxyl groups excluding tert-OH is 1. The minimum atomic E-state index is -2.03. The monoisotopic (exact) mass is 1040 g/mol. The van der Waals surface area contributed by atoms with E-state index in [1.807, 2.05) is 13.8 Å². The Balaban J connectivity index is 0.988. The summed E-state index contributed by atoms with van der Waals surface area (Å²) >= 11 is 0. The van der Waals surface area contributed by atoms with Crippen molar-refractivity contribution in [1.29, 1.82) is 0 Å². The van der Waals surface area contributed by atoms with Gasteiger partial charge in [0.1, 0.15) is 24.3 Å². The second-order valence-electron chi connectivity index (χ2n) is 21.6. The van der Waals surface area contributed by atoms with Gasteiger partial charge in [0, 0.05) is 79.2 Å². The number of nitrogens with zero attached hydrogens (tertiary/aromatic N) is 3. The molecule has 2 aromatic heterocycles. The molecule has 1 aromatic carbocycles. The number of fused-ring (bicyclic) bond motifs is 5. The first-order chi connectivity index (χ1) is 35.5. The van der Waals surface area contributed by atoms with Crippen LogP contribution >= 0.6 is 0 Å². The maximum atomic E-state index is 15.5. The van der Waals surface area contributed by atoms with E-state index in [-0.39, 0.29) is 98.4 Å². The molecule has 1 aliphatic carbocycles. The number of hydrogen-bond donors (Lipinski definition) is 6. The van der Waals surface area contributed by atoms with E-state index >= 15 is 4.39 Å². The number of amides is 5. The Morgan fingerprint density at radius 1 is 0.947 bits per heavy atom. The number of carbonyl (C=O) groups is 7. The Morgan fingerprint density at radius 3 is 2.36 bits per heavy atom. The van der Waals surface area contributed by atoms with Gasteiger partial charge >= 0.3 is 12.1 Å². The van der Waals surface area contributed by atoms with Gasteiger partial charge in [0.25, 0.3) is 17.4 Å². The van der Waals surface area contributed by atoms with Gasteiger partial charge in [-0.2, -0.15) is 0 Å². The quantitative estimate of drug-likeness (QED) is 0.0228. The average Bonchev–Trinajstić information content (AvgIpc) is 3.88. The SMILES string of the molecule is CC[C@@]1(O)C(=O)OCc2c1cc1n(c2=O)Cc2c-1nc1cc(F)c(C)c3c1c2[C@@H](NC(O)CCCNC(=O)[C@H](CCCCNC(=O)OC(C)(C)C)CC(=O)[C@@H](NC(=O)CCCCCN1C(=O)C=CC1=O)C(C)C)CC3. The summed E-state index contributed by atoms with van der Waals surface area (Å²) < 4.78 is 27.6. The number of cyclic esters (lactones) is 1. The third-order valence-corrected chi connectivity index (χ3v) is 14.7. The van der Waals surface area contributed by atoms with Gasteiger partial charge in [0.2, 0.25) is 11.8 Å². The number of imide groups is 1. The number of ether oxygens (including phenoxy) is 2. The number of alkyl carbamates (subject to hydrolysis) is 1. The van der Waals surface area contributed by atoms with Gasteiger partial charge in [-0.15, -0.1) is 0 Å². The number of aryl methyl sites for hydroxylation is 1. The zero-order valence-corrected chi connectivity index (χ0v) is 44.1. The second-order valence-corrected chi connectivity index (χ2v) is 21.6. The highest BCUT2D eigenvalue weighted by Crippen LogP contribution is 2.46. The average molecular weight is 1040 g/mol. The lowest BCUT2D eigenvalue weighted by molar-refractivity contribution is -0.172. The Labute approximate surface area is 435 Å². The predicted octanol–water partition coefficient (Wildman–Crippen LogP) is 5.22. The van der Waals surface area contributed by atoms with Crippen LogP contribution in [-0.2, 0) is 63.4 Å². The number of unbranched alkanes of at least 4 members (excludes halogenated alkanes) is 3. The van der Waals surface area contributed by atoms with Crippen molar-refractivity contribution in [2.75, 3.05) is 19.6 Å². The molecule has 0 bridgehead atoms. The molecule has 4 aliphatic rings. The third-order valence-electron chi connectivity index (χ3n) is 14.7. The van der Waals surface area contributed by atoms with Crippen molar-refractivity contribution in [3.8, 4) is 11.4 Å². The van der Waals surface area contributed by atoms with Gasteiger partial charge in [-0.3, -0.25) is 39.0 Å². The van der Waals surface area contributed by atoms with Gasteiger partial charge < -0.3 is 40.2 Å². The van der Waals surface area contributed by atoms with Crippen molar-refractivity contribution in [2.45, 2.75) is 175 Å². The number of carbonyl (C=O) groups excluding carboxylic acids is 7. The highest BCUT2D eigenvalue weighted by Gasteiger charge is 2.46. The highest BCUT2D eigenvalue weighted by molar-refractivity contribution is 6.12. The van der Waals surface area contributed by atoms with E-state index in [9.17, 15) is 48.6 Å². The smallest absolute Gasteiger partial charge is 0.407 e. The largest absolute Gasteiger partial charge is 0.458 e. The van der Waals surface area contributed by atoms with Crippen LogP contribution in [0.5, 0.6) is 0 Å². The molecule has 19 nitrogen and oxygen atoms in total. The molecule has 0 saturated heterocycles. The van der Waals surface area contributed by atoms with Crippen LogP contribution in [-0.4, -0.2) is 104 Å². The van der Waals surface area contributed by atoms with E-state index in [0.717, 1.165) is 21.4 Å². The molecule has 0 radical (unpaired) electrons. The molecule has 6 N–H and O–H groups in total. The molecular formula is C55H72FN7O12. The molecule has 1 unspecified atom stereocenters. The molecular weight excluding hydrogens is 970 g/mol. The van der Waals surface area contributed by atoms with Gasteiger partial charge in [0.15, 0.2) is 11.4 Å². The summed E-state index contributed by atoms with van der Waals surface area (Å²) in [6.07, 6.45) is 5.25. The van der Waals surface area contributed by atoms with Crippen molar-refractivity contribution < 1.29 is 57.6 Å². The zero-order chi connectivity index (χ0) is 54.5. The fourth-order valence-corrected chi connectivity index (χ4v) is 10.7. The molecule has 0 saturated carbocycles. The van der Waals surface area contributed by atoms with E-state index in [2.05, 4.69) is 21.3 Å². The molecule has 5 heterocycles. The molecule has 0 spiro atoms. The van der Waals surface area contributed by atoms with Crippen molar-refractivity contribution in [3.05, 3.63) is 73.8 Å². The lowest BCUT2D eigenvalue weighted by Crippen LogP contribution is -2.46. The minimum absolute atomic E-state index is 0.0254. The van der Waals surface area contributed by atoms with E-state index in [0.29, 0.717) is 92.4 Å². The summed E-state index contributed by atoms with van der Waals surface area (Å²) in [5.41, 5.74) is 1.15. The fourth-order valence-electron chi connectivity index (χ4n) is 10.7. The van der Waals surface area contributed by atoms with Gasteiger partial charge in [-0.05, 0) is 114 Å². The molecule has 20 heteroatoms. The number of rotatable bonds is 24. The topological polar surface area (TPSA) is 265 Å². The Kier molecular flexibility index (Phi) is 17.8. The number of halogens is 1. The van der Waals surface area contributed by atoms with Crippen LogP contribution in [0, 0.1) is 24.6 Å². The van der Waals surface area contributed by atoms with Crippen molar-refractivity contribution in [2.24, 2.45) is 11.8 Å². The van der Waals surface area contributed by atoms with Crippen LogP contribution in [0.3, 0.4) is 0 Å². The molecule has 406 valence electrons. The number of esters is 1. The Bertz CT molecular complexity index is 2820. The van der Waals surface area contributed by atoms with Gasteiger partial charge in [0.05, 0.1) is 35.1 Å². The van der Waals surface area contributed by atoms with Crippen LogP contribution in [0.2, 0.25) is 0 Å². The summed E-state index contributed by atoms with van der Waals surface area (Å²) in [7, 11) is 0. The fraction of sp³-hybridized carbons (Fsp3) is 0.582.